The van der Waals surface area contributed by atoms with Crippen molar-refractivity contribution in [1.29, 1.82) is 0 Å². The van der Waals surface area contributed by atoms with E-state index < -0.39 is 21.4 Å². The van der Waals surface area contributed by atoms with Gasteiger partial charge in [-0.2, -0.15) is 21.6 Å². The van der Waals surface area contributed by atoms with Crippen LogP contribution in [0.5, 0.6) is 11.5 Å². The van der Waals surface area contributed by atoms with Crippen LogP contribution in [0.1, 0.15) is 5.56 Å². The third kappa shape index (κ3) is 2.80. The normalized spacial score (nSPS) is 15.6. The van der Waals surface area contributed by atoms with Crippen LogP contribution < -0.4 is 8.92 Å². The number of ether oxygens (including phenoxy) is 1. The molecule has 0 saturated carbocycles. The molecule has 0 radical (unpaired) electrons. The maximum atomic E-state index is 12.1. The first-order valence-electron chi connectivity index (χ1n) is 4.97. The zero-order chi connectivity index (χ0) is 14.3. The summed E-state index contributed by atoms with van der Waals surface area (Å²) >= 11 is 0. The smallest absolute Gasteiger partial charge is 0.485 e. The molecule has 2 rings (SSSR count). The molecule has 0 amide bonds. The van der Waals surface area contributed by atoms with E-state index in [-0.39, 0.29) is 24.6 Å². The van der Waals surface area contributed by atoms with Crippen LogP contribution in [0.2, 0.25) is 0 Å². The molecule has 0 aliphatic carbocycles. The van der Waals surface area contributed by atoms with Crippen molar-refractivity contribution < 1.29 is 35.3 Å². The summed E-state index contributed by atoms with van der Waals surface area (Å²) in [6.07, 6.45) is 0.0850. The molecule has 0 atom stereocenters. The van der Waals surface area contributed by atoms with Crippen LogP contribution in [-0.4, -0.2) is 26.3 Å². The van der Waals surface area contributed by atoms with Crippen LogP contribution >= 0.6 is 0 Å². The lowest BCUT2D eigenvalue weighted by Crippen LogP contribution is -2.28. The molecule has 0 N–H and O–H groups in total. The van der Waals surface area contributed by atoms with Gasteiger partial charge in [-0.3, -0.25) is 4.79 Å². The highest BCUT2D eigenvalue weighted by Crippen LogP contribution is 2.31. The van der Waals surface area contributed by atoms with Gasteiger partial charge in [0.15, 0.2) is 5.78 Å². The van der Waals surface area contributed by atoms with Crippen molar-refractivity contribution in [3.8, 4) is 11.5 Å². The van der Waals surface area contributed by atoms with Gasteiger partial charge in [0, 0.05) is 18.1 Å². The average Bonchev–Trinajstić information content (AvgIpc) is 2.27. The predicted octanol–water partition coefficient (Wildman–Crippen LogP) is 1.42. The highest BCUT2D eigenvalue weighted by atomic mass is 32.2. The summed E-state index contributed by atoms with van der Waals surface area (Å²) in [6.45, 7) is -0.206. The molecule has 0 fully saturated rings. The van der Waals surface area contributed by atoms with Crippen molar-refractivity contribution in [2.75, 3.05) is 6.61 Å². The predicted molar refractivity (Wildman–Crippen MR) is 56.3 cm³/mol. The van der Waals surface area contributed by atoms with Gasteiger partial charge in [0.1, 0.15) is 18.1 Å². The van der Waals surface area contributed by atoms with Gasteiger partial charge in [-0.15, -0.1) is 0 Å². The van der Waals surface area contributed by atoms with E-state index >= 15 is 0 Å². The number of halogens is 3. The molecule has 1 heterocycles. The SMILES string of the molecule is O=C1COc2cc(OS(=O)(=O)C(F)(F)F)ccc2C1. The minimum absolute atomic E-state index is 0.0850. The maximum Gasteiger partial charge on any atom is 0.534 e. The number of carbonyl (C=O) groups excluding carboxylic acids is 1. The number of hydrogen-bond acceptors (Lipinski definition) is 5. The molecule has 19 heavy (non-hydrogen) atoms. The van der Waals surface area contributed by atoms with Gasteiger partial charge in [-0.05, 0) is 6.07 Å². The fraction of sp³-hybridized carbons (Fsp3) is 0.300. The number of hydrogen-bond donors (Lipinski definition) is 0. The van der Waals surface area contributed by atoms with E-state index in [4.69, 9.17) is 4.74 Å². The van der Waals surface area contributed by atoms with Crippen LogP contribution in [0, 0.1) is 0 Å². The molecule has 0 bridgehead atoms. The first kappa shape index (κ1) is 13.7. The zero-order valence-electron chi connectivity index (χ0n) is 9.23. The highest BCUT2D eigenvalue weighted by Gasteiger charge is 2.48. The number of carbonyl (C=O) groups is 1. The Morgan fingerprint density at radius 1 is 1.26 bits per heavy atom. The Balaban J connectivity index is 2.27. The molecule has 1 aromatic rings. The summed E-state index contributed by atoms with van der Waals surface area (Å²) in [4.78, 5) is 11.1. The number of Topliss-reactive ketones (excluding diaryl/α,β-unsaturated/α-hetero) is 1. The molecule has 0 unspecified atom stereocenters. The van der Waals surface area contributed by atoms with Crippen LogP contribution in [0.3, 0.4) is 0 Å². The molecule has 0 spiro atoms. The summed E-state index contributed by atoms with van der Waals surface area (Å²) in [5, 5.41) is 0. The minimum Gasteiger partial charge on any atom is -0.485 e. The zero-order valence-corrected chi connectivity index (χ0v) is 10.0. The summed E-state index contributed by atoms with van der Waals surface area (Å²) < 4.78 is 66.9. The van der Waals surface area contributed by atoms with Gasteiger partial charge in [0.25, 0.3) is 0 Å². The van der Waals surface area contributed by atoms with Gasteiger partial charge >= 0.3 is 15.6 Å². The Hall–Kier alpha value is -1.77. The second-order valence-electron chi connectivity index (χ2n) is 3.76. The quantitative estimate of drug-likeness (QED) is 0.610. The molecular weight excluding hydrogens is 289 g/mol. The van der Waals surface area contributed by atoms with Crippen molar-refractivity contribution in [3.63, 3.8) is 0 Å². The van der Waals surface area contributed by atoms with Crippen molar-refractivity contribution in [3.05, 3.63) is 23.8 Å². The van der Waals surface area contributed by atoms with E-state index in [0.29, 0.717) is 5.56 Å². The van der Waals surface area contributed by atoms with Crippen LogP contribution in [0.15, 0.2) is 18.2 Å². The van der Waals surface area contributed by atoms with Gasteiger partial charge in [0.2, 0.25) is 0 Å². The van der Waals surface area contributed by atoms with E-state index in [1.165, 1.54) is 6.07 Å². The Kier molecular flexibility index (Phi) is 3.17. The summed E-state index contributed by atoms with van der Waals surface area (Å²) in [7, 11) is -5.71. The highest BCUT2D eigenvalue weighted by molar-refractivity contribution is 7.88. The second kappa shape index (κ2) is 4.41. The van der Waals surface area contributed by atoms with Gasteiger partial charge in [-0.25, -0.2) is 0 Å². The molecule has 5 nitrogen and oxygen atoms in total. The van der Waals surface area contributed by atoms with Crippen molar-refractivity contribution >= 4 is 15.9 Å². The molecule has 0 aromatic heterocycles. The Labute approximate surface area is 106 Å². The first-order chi connectivity index (χ1) is 8.69. The molecular formula is C10H7F3O5S. The Morgan fingerprint density at radius 2 is 1.95 bits per heavy atom. The van der Waals surface area contributed by atoms with E-state index in [2.05, 4.69) is 4.18 Å². The average molecular weight is 296 g/mol. The lowest BCUT2D eigenvalue weighted by atomic mass is 10.1. The lowest BCUT2D eigenvalue weighted by Gasteiger charge is -2.17. The van der Waals surface area contributed by atoms with Crippen LogP contribution in [-0.2, 0) is 21.3 Å². The first-order valence-corrected chi connectivity index (χ1v) is 6.38. The number of benzene rings is 1. The third-order valence-electron chi connectivity index (χ3n) is 2.30. The summed E-state index contributed by atoms with van der Waals surface area (Å²) in [5.41, 5.74) is -5.03. The molecule has 1 aliphatic heterocycles. The van der Waals surface area contributed by atoms with E-state index in [9.17, 15) is 26.4 Å². The Morgan fingerprint density at radius 3 is 2.58 bits per heavy atom. The maximum absolute atomic E-state index is 12.1. The molecule has 1 aliphatic rings. The van der Waals surface area contributed by atoms with Gasteiger partial charge < -0.3 is 8.92 Å². The minimum atomic E-state index is -5.71. The van der Waals surface area contributed by atoms with Gasteiger partial charge in [-0.1, -0.05) is 6.07 Å². The van der Waals surface area contributed by atoms with Crippen molar-refractivity contribution in [1.82, 2.24) is 0 Å². The summed E-state index contributed by atoms with van der Waals surface area (Å²) in [6, 6.07) is 3.32. The number of ketones is 1. The topological polar surface area (TPSA) is 69.7 Å². The van der Waals surface area contributed by atoms with E-state index in [0.717, 1.165) is 12.1 Å². The number of alkyl halides is 3. The third-order valence-corrected chi connectivity index (χ3v) is 3.28. The van der Waals surface area contributed by atoms with Crippen molar-refractivity contribution in [2.24, 2.45) is 0 Å². The fourth-order valence-electron chi connectivity index (χ4n) is 1.46. The summed E-state index contributed by atoms with van der Waals surface area (Å²) in [5.74, 6) is -0.566. The van der Waals surface area contributed by atoms with E-state index in [1.807, 2.05) is 0 Å². The number of fused-ring (bicyclic) bond motifs is 1. The van der Waals surface area contributed by atoms with Gasteiger partial charge in [0.05, 0.1) is 0 Å². The Bertz CT molecular complexity index is 621. The van der Waals surface area contributed by atoms with Crippen LogP contribution in [0.25, 0.3) is 0 Å². The largest absolute Gasteiger partial charge is 0.534 e. The molecule has 104 valence electrons. The standard InChI is InChI=1S/C10H7F3O5S/c11-10(12,13)19(15,16)18-8-2-1-6-3-7(14)5-17-9(6)4-8/h1-2,4H,3,5H2. The van der Waals surface area contributed by atoms with E-state index in [1.54, 1.807) is 0 Å². The molecule has 1 aromatic carbocycles. The van der Waals surface area contributed by atoms with Crippen molar-refractivity contribution in [2.45, 2.75) is 11.9 Å². The number of rotatable bonds is 2. The molecule has 0 saturated heterocycles. The second-order valence-corrected chi connectivity index (χ2v) is 5.29. The lowest BCUT2D eigenvalue weighted by molar-refractivity contribution is -0.121. The molecule has 9 heteroatoms. The van der Waals surface area contributed by atoms with Crippen LogP contribution in [0.4, 0.5) is 13.2 Å². The fourth-order valence-corrected chi connectivity index (χ4v) is 1.91. The monoisotopic (exact) mass is 296 g/mol.